The Labute approximate surface area is 180 Å². The highest BCUT2D eigenvalue weighted by molar-refractivity contribution is 5.97. The van der Waals surface area contributed by atoms with Crippen molar-refractivity contribution >= 4 is 23.4 Å². The van der Waals surface area contributed by atoms with Crippen molar-refractivity contribution in [2.75, 3.05) is 6.67 Å². The molecule has 0 saturated heterocycles. The van der Waals surface area contributed by atoms with Crippen molar-refractivity contribution in [3.63, 3.8) is 0 Å². The zero-order valence-electron chi connectivity index (χ0n) is 17.7. The highest BCUT2D eigenvalue weighted by atomic mass is 19.1. The second-order valence-corrected chi connectivity index (χ2v) is 8.39. The Bertz CT molecular complexity index is 882. The summed E-state index contributed by atoms with van der Waals surface area (Å²) in [5.41, 5.74) is 3.58. The van der Waals surface area contributed by atoms with Gasteiger partial charge in [0.05, 0.1) is 17.8 Å². The van der Waals surface area contributed by atoms with Crippen LogP contribution in [-0.4, -0.2) is 46.1 Å². The van der Waals surface area contributed by atoms with Gasteiger partial charge in [0.1, 0.15) is 12.7 Å². The fourth-order valence-corrected chi connectivity index (χ4v) is 4.09. The highest BCUT2D eigenvalue weighted by Crippen LogP contribution is 2.36. The smallest absolute Gasteiger partial charge is 0.305 e. The lowest BCUT2D eigenvalue weighted by molar-refractivity contribution is -0.152. The Balaban J connectivity index is 1.86. The number of ketones is 1. The van der Waals surface area contributed by atoms with Crippen LogP contribution in [0, 0.1) is 5.92 Å². The molecule has 0 spiro atoms. The van der Waals surface area contributed by atoms with E-state index in [2.05, 4.69) is 15.8 Å². The third kappa shape index (κ3) is 4.92. The van der Waals surface area contributed by atoms with Crippen LogP contribution in [0.4, 0.5) is 4.39 Å². The molecular weight excluding hydrogens is 405 g/mol. The number of hydroxylamine groups is 1. The SMILES string of the molecule is CC(C)[C@@]1(C(=O)NC(CC(=O)O)C(=O)CF)C=C(c2cc(C3CCCC3)ccn2)NO1. The topological polar surface area (TPSA) is 118 Å². The van der Waals surface area contributed by atoms with Crippen LogP contribution in [0.5, 0.6) is 0 Å². The number of hydrogen-bond donors (Lipinski definition) is 3. The van der Waals surface area contributed by atoms with Crippen LogP contribution in [0.2, 0.25) is 0 Å². The normalized spacial score (nSPS) is 22.1. The number of carbonyl (C=O) groups is 3. The van der Waals surface area contributed by atoms with Gasteiger partial charge in [0.25, 0.3) is 5.91 Å². The number of alkyl halides is 1. The lowest BCUT2D eigenvalue weighted by Gasteiger charge is -2.29. The molecule has 2 aliphatic rings. The number of hydrogen-bond acceptors (Lipinski definition) is 6. The Morgan fingerprint density at radius 3 is 2.68 bits per heavy atom. The molecule has 0 bridgehead atoms. The largest absolute Gasteiger partial charge is 0.481 e. The predicted molar refractivity (Wildman–Crippen MR) is 110 cm³/mol. The van der Waals surface area contributed by atoms with Crippen LogP contribution in [0.25, 0.3) is 5.70 Å². The van der Waals surface area contributed by atoms with Crippen molar-refractivity contribution in [1.82, 2.24) is 15.8 Å². The molecule has 1 amide bonds. The van der Waals surface area contributed by atoms with Gasteiger partial charge < -0.3 is 10.4 Å². The van der Waals surface area contributed by atoms with Crippen LogP contribution in [0.15, 0.2) is 24.4 Å². The number of pyridine rings is 1. The first-order valence-corrected chi connectivity index (χ1v) is 10.5. The number of Topliss-reactive ketones (excluding diaryl/α,β-unsaturated/α-hetero) is 1. The number of halogens is 1. The molecule has 9 heteroatoms. The molecule has 0 radical (unpaired) electrons. The zero-order valence-corrected chi connectivity index (χ0v) is 17.7. The molecule has 2 atom stereocenters. The maximum absolute atomic E-state index is 13.1. The zero-order chi connectivity index (χ0) is 22.6. The van der Waals surface area contributed by atoms with Gasteiger partial charge in [-0.2, -0.15) is 0 Å². The summed E-state index contributed by atoms with van der Waals surface area (Å²) in [6, 6.07) is 2.50. The lowest BCUT2D eigenvalue weighted by atomic mass is 9.87. The first-order valence-electron chi connectivity index (χ1n) is 10.5. The molecule has 8 nitrogen and oxygen atoms in total. The van der Waals surface area contributed by atoms with Gasteiger partial charge in [-0.1, -0.05) is 26.7 Å². The number of carboxylic acid groups (broad SMARTS) is 1. The van der Waals surface area contributed by atoms with E-state index >= 15 is 0 Å². The monoisotopic (exact) mass is 433 g/mol. The molecule has 1 unspecified atom stereocenters. The van der Waals surface area contributed by atoms with E-state index in [4.69, 9.17) is 9.94 Å². The number of carbonyl (C=O) groups excluding carboxylic acids is 2. The maximum Gasteiger partial charge on any atom is 0.305 e. The van der Waals surface area contributed by atoms with E-state index in [1.807, 2.05) is 12.1 Å². The van der Waals surface area contributed by atoms with Crippen molar-refractivity contribution in [3.8, 4) is 0 Å². The van der Waals surface area contributed by atoms with Gasteiger partial charge in [0.15, 0.2) is 11.4 Å². The van der Waals surface area contributed by atoms with E-state index in [0.717, 1.165) is 12.8 Å². The second-order valence-electron chi connectivity index (χ2n) is 8.39. The maximum atomic E-state index is 13.1. The third-order valence-corrected chi connectivity index (χ3v) is 5.99. The first-order chi connectivity index (χ1) is 14.8. The Hall–Kier alpha value is -2.81. The lowest BCUT2D eigenvalue weighted by Crippen LogP contribution is -2.55. The number of aliphatic carboxylic acids is 1. The van der Waals surface area contributed by atoms with Gasteiger partial charge in [0, 0.05) is 6.20 Å². The van der Waals surface area contributed by atoms with Gasteiger partial charge in [-0.15, -0.1) is 0 Å². The minimum Gasteiger partial charge on any atom is -0.481 e. The third-order valence-electron chi connectivity index (χ3n) is 5.99. The fourth-order valence-electron chi connectivity index (χ4n) is 4.09. The van der Waals surface area contributed by atoms with Crippen LogP contribution in [0.3, 0.4) is 0 Å². The van der Waals surface area contributed by atoms with Crippen molar-refractivity contribution in [1.29, 1.82) is 0 Å². The van der Waals surface area contributed by atoms with E-state index in [-0.39, 0.29) is 5.92 Å². The standard InChI is InChI=1S/C22H28FN3O5/c1-13(2)22(21(30)25-17(10-20(28)29)19(27)12-23)11-18(26-31-22)16-9-15(7-8-24-16)14-5-3-4-6-14/h7-9,11,13-14,17,26H,3-6,10,12H2,1-2H3,(H,25,30)(H,28,29)/t17?,22-/m1/s1. The van der Waals surface area contributed by atoms with E-state index in [1.165, 1.54) is 18.4 Å². The predicted octanol–water partition coefficient (Wildman–Crippen LogP) is 2.51. The molecule has 31 heavy (non-hydrogen) atoms. The fraction of sp³-hybridized carbons (Fsp3) is 0.545. The molecule has 3 N–H and O–H groups in total. The molecule has 1 aromatic rings. The Morgan fingerprint density at radius 1 is 1.35 bits per heavy atom. The van der Waals surface area contributed by atoms with Crippen molar-refractivity contribution in [2.24, 2.45) is 5.92 Å². The number of nitrogens with zero attached hydrogens (tertiary/aromatic N) is 1. The first kappa shape index (κ1) is 22.9. The minimum absolute atomic E-state index is 0.374. The summed E-state index contributed by atoms with van der Waals surface area (Å²) in [4.78, 5) is 45.9. The van der Waals surface area contributed by atoms with Gasteiger partial charge >= 0.3 is 5.97 Å². The molecule has 1 fully saturated rings. The van der Waals surface area contributed by atoms with E-state index < -0.39 is 42.4 Å². The van der Waals surface area contributed by atoms with Crippen LogP contribution in [-0.2, 0) is 19.2 Å². The highest BCUT2D eigenvalue weighted by Gasteiger charge is 2.47. The molecule has 3 rings (SSSR count). The van der Waals surface area contributed by atoms with E-state index in [1.54, 1.807) is 26.1 Å². The quantitative estimate of drug-likeness (QED) is 0.548. The average Bonchev–Trinajstić information content (AvgIpc) is 3.43. The summed E-state index contributed by atoms with van der Waals surface area (Å²) in [5.74, 6) is -2.92. The van der Waals surface area contributed by atoms with E-state index in [9.17, 15) is 18.8 Å². The van der Waals surface area contributed by atoms with Gasteiger partial charge in [-0.05, 0) is 48.4 Å². The molecule has 1 saturated carbocycles. The number of carboxylic acids is 1. The number of amides is 1. The van der Waals surface area contributed by atoms with Crippen LogP contribution < -0.4 is 10.8 Å². The number of nitrogens with one attached hydrogen (secondary N) is 2. The summed E-state index contributed by atoms with van der Waals surface area (Å²) < 4.78 is 12.9. The van der Waals surface area contributed by atoms with Crippen LogP contribution >= 0.6 is 0 Å². The molecule has 1 aliphatic carbocycles. The van der Waals surface area contributed by atoms with Crippen molar-refractivity contribution < 1.29 is 28.7 Å². The summed E-state index contributed by atoms with van der Waals surface area (Å²) >= 11 is 0. The van der Waals surface area contributed by atoms with Crippen molar-refractivity contribution in [2.45, 2.75) is 63.5 Å². The number of aromatic nitrogens is 1. The minimum atomic E-state index is -1.51. The Morgan fingerprint density at radius 2 is 2.06 bits per heavy atom. The summed E-state index contributed by atoms with van der Waals surface area (Å²) in [6.45, 7) is 2.14. The van der Waals surface area contributed by atoms with Crippen molar-refractivity contribution in [3.05, 3.63) is 35.7 Å². The molecule has 2 heterocycles. The number of rotatable bonds is 9. The summed E-state index contributed by atoms with van der Waals surface area (Å²) in [5, 5.41) is 11.3. The van der Waals surface area contributed by atoms with Gasteiger partial charge in [-0.3, -0.25) is 29.7 Å². The Kier molecular flexibility index (Phi) is 7.04. The molecule has 1 aromatic heterocycles. The van der Waals surface area contributed by atoms with Crippen LogP contribution in [0.1, 0.15) is 63.1 Å². The average molecular weight is 433 g/mol. The summed E-state index contributed by atoms with van der Waals surface area (Å²) in [6.07, 6.45) is 7.29. The molecular formula is C22H28FN3O5. The molecule has 0 aromatic carbocycles. The molecule has 1 aliphatic heterocycles. The van der Waals surface area contributed by atoms with Gasteiger partial charge in [-0.25, -0.2) is 4.39 Å². The second kappa shape index (κ2) is 9.55. The van der Waals surface area contributed by atoms with Gasteiger partial charge in [0.2, 0.25) is 0 Å². The summed E-state index contributed by atoms with van der Waals surface area (Å²) in [7, 11) is 0. The van der Waals surface area contributed by atoms with E-state index in [0.29, 0.717) is 17.3 Å². The molecule has 168 valence electrons.